The second-order valence-corrected chi connectivity index (χ2v) is 7.30. The van der Waals surface area contributed by atoms with Gasteiger partial charge in [-0.05, 0) is 50.8 Å². The minimum absolute atomic E-state index is 0.104. The van der Waals surface area contributed by atoms with Crippen molar-refractivity contribution >= 4 is 23.6 Å². The van der Waals surface area contributed by atoms with E-state index in [0.29, 0.717) is 0 Å². The molecule has 2 N–H and O–H groups in total. The molecular formula is C19H25N3O3S. The molecule has 26 heavy (non-hydrogen) atoms. The maximum atomic E-state index is 12.5. The van der Waals surface area contributed by atoms with E-state index in [4.69, 9.17) is 0 Å². The number of hydrogen-bond donors (Lipinski definition) is 2. The number of nitrogens with zero attached hydrogens (tertiary/aromatic N) is 2. The first kappa shape index (κ1) is 20.0. The highest BCUT2D eigenvalue weighted by atomic mass is 32.2. The summed E-state index contributed by atoms with van der Waals surface area (Å²) in [6, 6.07) is 8.90. The van der Waals surface area contributed by atoms with Crippen LogP contribution in [0.4, 0.5) is 0 Å². The van der Waals surface area contributed by atoms with E-state index in [2.05, 4.69) is 10.4 Å². The Labute approximate surface area is 158 Å². The number of thioether (sulfide) groups is 1. The van der Waals surface area contributed by atoms with Crippen LogP contribution in [0.25, 0.3) is 0 Å². The van der Waals surface area contributed by atoms with Gasteiger partial charge in [0.2, 0.25) is 5.91 Å². The zero-order valence-electron chi connectivity index (χ0n) is 15.5. The third-order valence-corrected chi connectivity index (χ3v) is 4.92. The first-order valence-electron chi connectivity index (χ1n) is 8.48. The van der Waals surface area contributed by atoms with Crippen molar-refractivity contribution in [3.63, 3.8) is 0 Å². The lowest BCUT2D eigenvalue weighted by Crippen LogP contribution is -2.31. The molecule has 1 aromatic carbocycles. The van der Waals surface area contributed by atoms with E-state index in [1.54, 1.807) is 11.8 Å². The summed E-state index contributed by atoms with van der Waals surface area (Å²) < 4.78 is 1.83. The molecule has 1 aromatic heterocycles. The first-order chi connectivity index (χ1) is 12.3. The van der Waals surface area contributed by atoms with Gasteiger partial charge >= 0.3 is 5.97 Å². The third kappa shape index (κ3) is 5.36. The molecule has 0 aliphatic heterocycles. The van der Waals surface area contributed by atoms with Gasteiger partial charge in [-0.3, -0.25) is 14.3 Å². The minimum Gasteiger partial charge on any atom is -0.481 e. The van der Waals surface area contributed by atoms with Gasteiger partial charge < -0.3 is 10.4 Å². The molecule has 1 heterocycles. The molecule has 0 saturated heterocycles. The van der Waals surface area contributed by atoms with Crippen LogP contribution in [-0.2, 0) is 9.59 Å². The molecule has 0 bridgehead atoms. The van der Waals surface area contributed by atoms with Crippen molar-refractivity contribution < 1.29 is 14.7 Å². The monoisotopic (exact) mass is 375 g/mol. The summed E-state index contributed by atoms with van der Waals surface area (Å²) in [5.74, 6) is -1.14. The summed E-state index contributed by atoms with van der Waals surface area (Å²) >= 11 is 1.61. The van der Waals surface area contributed by atoms with Crippen molar-refractivity contribution in [1.82, 2.24) is 15.1 Å². The number of amides is 1. The smallest absolute Gasteiger partial charge is 0.305 e. The van der Waals surface area contributed by atoms with Crippen molar-refractivity contribution in [2.45, 2.75) is 50.6 Å². The predicted octanol–water partition coefficient (Wildman–Crippen LogP) is 3.51. The zero-order valence-corrected chi connectivity index (χ0v) is 16.3. The van der Waals surface area contributed by atoms with Crippen LogP contribution in [0, 0.1) is 13.8 Å². The highest BCUT2D eigenvalue weighted by Crippen LogP contribution is 2.22. The predicted molar refractivity (Wildman–Crippen MR) is 102 cm³/mol. The Balaban J connectivity index is 2.07. The van der Waals surface area contributed by atoms with Gasteiger partial charge in [0.05, 0.1) is 24.2 Å². The van der Waals surface area contributed by atoms with Crippen LogP contribution in [0.2, 0.25) is 0 Å². The van der Waals surface area contributed by atoms with E-state index in [-0.39, 0.29) is 24.8 Å². The lowest BCUT2D eigenvalue weighted by molar-refractivity contribution is -0.137. The van der Waals surface area contributed by atoms with E-state index in [0.717, 1.165) is 21.8 Å². The molecule has 0 fully saturated rings. The van der Waals surface area contributed by atoms with Gasteiger partial charge in [0.15, 0.2) is 0 Å². The summed E-state index contributed by atoms with van der Waals surface area (Å²) in [4.78, 5) is 24.8. The molecule has 0 saturated carbocycles. The molecular weight excluding hydrogens is 350 g/mol. The number of aliphatic carboxylic acids is 1. The fourth-order valence-corrected chi connectivity index (χ4v) is 3.37. The molecule has 140 valence electrons. The average molecular weight is 375 g/mol. The minimum atomic E-state index is -0.948. The molecule has 2 atom stereocenters. The number of benzene rings is 1. The van der Waals surface area contributed by atoms with Crippen LogP contribution < -0.4 is 5.32 Å². The molecule has 0 radical (unpaired) electrons. The lowest BCUT2D eigenvalue weighted by Gasteiger charge is -2.20. The van der Waals surface area contributed by atoms with Crippen LogP contribution in [0.5, 0.6) is 0 Å². The number of hydrogen-bond acceptors (Lipinski definition) is 4. The van der Waals surface area contributed by atoms with E-state index in [9.17, 15) is 14.7 Å². The maximum Gasteiger partial charge on any atom is 0.305 e. The Morgan fingerprint density at radius 3 is 2.38 bits per heavy atom. The Bertz CT molecular complexity index is 771. The molecule has 2 aromatic rings. The second kappa shape index (κ2) is 8.89. The van der Waals surface area contributed by atoms with E-state index in [1.165, 1.54) is 0 Å². The maximum absolute atomic E-state index is 12.5. The largest absolute Gasteiger partial charge is 0.481 e. The van der Waals surface area contributed by atoms with Crippen molar-refractivity contribution in [3.8, 4) is 0 Å². The van der Waals surface area contributed by atoms with Gasteiger partial charge in [0.1, 0.15) is 0 Å². The number of aryl methyl sites for hydroxylation is 2. The molecule has 7 heteroatoms. The topological polar surface area (TPSA) is 84.2 Å². The average Bonchev–Trinajstić information content (AvgIpc) is 2.92. The molecule has 0 aliphatic rings. The fourth-order valence-electron chi connectivity index (χ4n) is 2.96. The normalized spacial score (nSPS) is 13.2. The highest BCUT2D eigenvalue weighted by molar-refractivity contribution is 7.98. The summed E-state index contributed by atoms with van der Waals surface area (Å²) in [6.07, 6.45) is 2.06. The lowest BCUT2D eigenvalue weighted by atomic mass is 10.0. The third-order valence-electron chi connectivity index (χ3n) is 4.18. The SMILES string of the molecule is CSc1ccc(C(CC(=O)O)NC(=O)CC(C)n2nc(C)cc2C)cc1. The van der Waals surface area contributed by atoms with Crippen LogP contribution >= 0.6 is 11.8 Å². The second-order valence-electron chi connectivity index (χ2n) is 6.42. The fraction of sp³-hybridized carbons (Fsp3) is 0.421. The molecule has 1 amide bonds. The number of carboxylic acids is 1. The highest BCUT2D eigenvalue weighted by Gasteiger charge is 2.20. The number of carboxylic acid groups (broad SMARTS) is 1. The molecule has 2 rings (SSSR count). The number of aromatic nitrogens is 2. The Morgan fingerprint density at radius 2 is 1.88 bits per heavy atom. The van der Waals surface area contributed by atoms with E-state index < -0.39 is 12.0 Å². The van der Waals surface area contributed by atoms with Crippen molar-refractivity contribution in [2.75, 3.05) is 6.26 Å². The quantitative estimate of drug-likeness (QED) is 0.690. The molecule has 6 nitrogen and oxygen atoms in total. The van der Waals surface area contributed by atoms with Crippen molar-refractivity contribution in [2.24, 2.45) is 0 Å². The number of carbonyl (C=O) groups excluding carboxylic acids is 1. The van der Waals surface area contributed by atoms with Gasteiger partial charge in [-0.25, -0.2) is 0 Å². The summed E-state index contributed by atoms with van der Waals surface area (Å²) in [5.41, 5.74) is 2.70. The van der Waals surface area contributed by atoms with Crippen LogP contribution in [0.1, 0.15) is 48.8 Å². The Hall–Kier alpha value is -2.28. The van der Waals surface area contributed by atoms with Gasteiger partial charge in [-0.15, -0.1) is 11.8 Å². The number of carbonyl (C=O) groups is 2. The van der Waals surface area contributed by atoms with Gasteiger partial charge in [-0.1, -0.05) is 12.1 Å². The van der Waals surface area contributed by atoms with Crippen LogP contribution in [-0.4, -0.2) is 33.0 Å². The molecule has 0 spiro atoms. The van der Waals surface area contributed by atoms with E-state index >= 15 is 0 Å². The summed E-state index contributed by atoms with van der Waals surface area (Å²) in [7, 11) is 0. The number of nitrogens with one attached hydrogen (secondary N) is 1. The molecule has 0 aliphatic carbocycles. The summed E-state index contributed by atoms with van der Waals surface area (Å²) in [5, 5.41) is 16.5. The van der Waals surface area contributed by atoms with Gasteiger partial charge in [-0.2, -0.15) is 5.10 Å². The van der Waals surface area contributed by atoms with Crippen molar-refractivity contribution in [1.29, 1.82) is 0 Å². The molecule has 2 unspecified atom stereocenters. The zero-order chi connectivity index (χ0) is 19.3. The number of rotatable bonds is 8. The van der Waals surface area contributed by atoms with Crippen molar-refractivity contribution in [3.05, 3.63) is 47.3 Å². The summed E-state index contributed by atoms with van der Waals surface area (Å²) in [6.45, 7) is 5.80. The van der Waals surface area contributed by atoms with Gasteiger partial charge in [0, 0.05) is 17.0 Å². The van der Waals surface area contributed by atoms with Gasteiger partial charge in [0.25, 0.3) is 0 Å². The van der Waals surface area contributed by atoms with Crippen LogP contribution in [0.15, 0.2) is 35.2 Å². The Kier molecular flexibility index (Phi) is 6.85. The first-order valence-corrected chi connectivity index (χ1v) is 9.70. The van der Waals surface area contributed by atoms with E-state index in [1.807, 2.05) is 62.0 Å². The van der Waals surface area contributed by atoms with Crippen LogP contribution in [0.3, 0.4) is 0 Å². The Morgan fingerprint density at radius 1 is 1.23 bits per heavy atom. The standard InChI is InChI=1S/C19H25N3O3S/c1-12-9-13(2)22(21-12)14(3)10-18(23)20-17(11-19(24)25)15-5-7-16(26-4)8-6-15/h5-9,14,17H,10-11H2,1-4H3,(H,20,23)(H,24,25).